The van der Waals surface area contributed by atoms with Crippen LogP contribution < -0.4 is 10.3 Å². The van der Waals surface area contributed by atoms with Crippen LogP contribution in [0.25, 0.3) is 4.96 Å². The minimum Gasteiger partial charge on any atom is -0.493 e. The molecule has 29 heavy (non-hydrogen) atoms. The van der Waals surface area contributed by atoms with E-state index in [4.69, 9.17) is 9.47 Å². The number of nitrogens with zero attached hydrogens (tertiary/aromatic N) is 3. The highest BCUT2D eigenvalue weighted by atomic mass is 32.1. The number of fused-ring (bicyclic) bond motifs is 1. The number of aromatic nitrogens is 3. The molecule has 0 bridgehead atoms. The first-order chi connectivity index (χ1) is 13.8. The monoisotopic (exact) mass is 415 g/mol. The molecular formula is C21H25N3O4S. The molecule has 0 atom stereocenters. The molecule has 0 aliphatic heterocycles. The number of hydrogen-bond donors (Lipinski definition) is 0. The van der Waals surface area contributed by atoms with Crippen molar-refractivity contribution in [3.63, 3.8) is 0 Å². The average Bonchev–Trinajstić information content (AvgIpc) is 3.10. The number of carbonyl (C=O) groups is 1. The molecule has 3 rings (SSSR count). The lowest BCUT2D eigenvalue weighted by atomic mass is 9.87. The highest BCUT2D eigenvalue weighted by Gasteiger charge is 2.13. The van der Waals surface area contributed by atoms with E-state index in [1.54, 1.807) is 0 Å². The maximum Gasteiger partial charge on any atom is 0.309 e. The summed E-state index contributed by atoms with van der Waals surface area (Å²) >= 11 is 1.35. The Morgan fingerprint density at radius 3 is 2.59 bits per heavy atom. The van der Waals surface area contributed by atoms with Gasteiger partial charge in [0.05, 0.1) is 18.7 Å². The molecule has 0 N–H and O–H groups in total. The molecule has 0 saturated heterocycles. The Bertz CT molecular complexity index is 1050. The van der Waals surface area contributed by atoms with Gasteiger partial charge in [-0.2, -0.15) is 9.61 Å². The van der Waals surface area contributed by atoms with Gasteiger partial charge in [-0.05, 0) is 29.5 Å². The third-order valence-corrected chi connectivity index (χ3v) is 5.37. The molecule has 0 amide bonds. The van der Waals surface area contributed by atoms with E-state index in [1.165, 1.54) is 27.5 Å². The van der Waals surface area contributed by atoms with E-state index < -0.39 is 5.97 Å². The van der Waals surface area contributed by atoms with Gasteiger partial charge in [0.15, 0.2) is 0 Å². The van der Waals surface area contributed by atoms with Crippen LogP contribution in [0.4, 0.5) is 0 Å². The largest absolute Gasteiger partial charge is 0.493 e. The molecule has 0 aliphatic carbocycles. The second-order valence-corrected chi connectivity index (χ2v) is 8.70. The van der Waals surface area contributed by atoms with Crippen LogP contribution in [0.2, 0.25) is 0 Å². The normalized spacial score (nSPS) is 11.6. The Morgan fingerprint density at radius 2 is 1.93 bits per heavy atom. The van der Waals surface area contributed by atoms with E-state index in [-0.39, 0.29) is 30.6 Å². The van der Waals surface area contributed by atoms with Crippen LogP contribution in [-0.4, -0.2) is 27.2 Å². The standard InChI is InChI=1S/C21H25N3O4S/c1-5-17-23-24-18(25)12-15(22-20(24)29-17)13-28-19(26)10-11-27-16-8-6-14(7-9-16)21(2,3)4/h6-9,12H,5,10-11,13H2,1-4H3. The van der Waals surface area contributed by atoms with Crippen molar-refractivity contribution in [3.8, 4) is 5.75 Å². The maximum absolute atomic E-state index is 12.1. The summed E-state index contributed by atoms with van der Waals surface area (Å²) in [5, 5.41) is 5.02. The van der Waals surface area contributed by atoms with Gasteiger partial charge in [0.2, 0.25) is 4.96 Å². The number of benzene rings is 1. The fourth-order valence-electron chi connectivity index (χ4n) is 2.64. The zero-order valence-electron chi connectivity index (χ0n) is 17.1. The van der Waals surface area contributed by atoms with Gasteiger partial charge >= 0.3 is 5.97 Å². The molecule has 3 aromatic rings. The number of rotatable bonds is 7. The fourth-order valence-corrected chi connectivity index (χ4v) is 3.50. The zero-order valence-corrected chi connectivity index (χ0v) is 17.9. The topological polar surface area (TPSA) is 82.8 Å². The molecule has 2 heterocycles. The molecule has 154 valence electrons. The van der Waals surface area contributed by atoms with Crippen molar-refractivity contribution < 1.29 is 14.3 Å². The Hall–Kier alpha value is -2.74. The number of ether oxygens (including phenoxy) is 2. The summed E-state index contributed by atoms with van der Waals surface area (Å²) in [6.07, 6.45) is 0.847. The fraction of sp³-hybridized carbons (Fsp3) is 0.429. The number of hydrogen-bond acceptors (Lipinski definition) is 7. The lowest BCUT2D eigenvalue weighted by Crippen LogP contribution is -2.17. The summed E-state index contributed by atoms with van der Waals surface area (Å²) < 4.78 is 12.1. The summed E-state index contributed by atoms with van der Waals surface area (Å²) in [4.78, 5) is 28.9. The zero-order chi connectivity index (χ0) is 21.0. The van der Waals surface area contributed by atoms with Crippen molar-refractivity contribution in [2.24, 2.45) is 0 Å². The molecule has 7 nitrogen and oxygen atoms in total. The van der Waals surface area contributed by atoms with Crippen molar-refractivity contribution in [2.75, 3.05) is 6.61 Å². The molecule has 8 heteroatoms. The van der Waals surface area contributed by atoms with Crippen LogP contribution in [0.3, 0.4) is 0 Å². The molecule has 0 saturated carbocycles. The van der Waals surface area contributed by atoms with Crippen LogP contribution >= 0.6 is 11.3 Å². The van der Waals surface area contributed by atoms with Crippen LogP contribution in [0.15, 0.2) is 35.1 Å². The summed E-state index contributed by atoms with van der Waals surface area (Å²) in [5.74, 6) is 0.305. The predicted molar refractivity (Wildman–Crippen MR) is 112 cm³/mol. The lowest BCUT2D eigenvalue weighted by molar-refractivity contribution is -0.145. The molecular weight excluding hydrogens is 390 g/mol. The number of esters is 1. The van der Waals surface area contributed by atoms with Gasteiger partial charge in [-0.1, -0.05) is 51.2 Å². The first kappa shape index (κ1) is 21.0. The van der Waals surface area contributed by atoms with Crippen LogP contribution in [0.5, 0.6) is 5.75 Å². The smallest absolute Gasteiger partial charge is 0.309 e. The highest BCUT2D eigenvalue weighted by molar-refractivity contribution is 7.16. The van der Waals surface area contributed by atoms with E-state index in [0.717, 1.165) is 11.4 Å². The van der Waals surface area contributed by atoms with Gasteiger partial charge < -0.3 is 9.47 Å². The number of aryl methyl sites for hydroxylation is 1. The average molecular weight is 416 g/mol. The van der Waals surface area contributed by atoms with Crippen molar-refractivity contribution >= 4 is 22.3 Å². The SMILES string of the molecule is CCc1nn2c(=O)cc(COC(=O)CCOc3ccc(C(C)(C)C)cc3)nc2s1. The van der Waals surface area contributed by atoms with E-state index in [1.807, 2.05) is 31.2 Å². The first-order valence-electron chi connectivity index (χ1n) is 9.54. The van der Waals surface area contributed by atoms with E-state index in [2.05, 4.69) is 30.9 Å². The van der Waals surface area contributed by atoms with E-state index in [0.29, 0.717) is 16.4 Å². The van der Waals surface area contributed by atoms with Crippen LogP contribution in [-0.2, 0) is 28.0 Å². The summed E-state index contributed by atoms with van der Waals surface area (Å²) in [7, 11) is 0. The van der Waals surface area contributed by atoms with Gasteiger partial charge in [-0.15, -0.1) is 0 Å². The van der Waals surface area contributed by atoms with Crippen LogP contribution in [0, 0.1) is 0 Å². The van der Waals surface area contributed by atoms with Gasteiger partial charge in [0.25, 0.3) is 5.56 Å². The maximum atomic E-state index is 12.1. The van der Waals surface area contributed by atoms with Crippen molar-refractivity contribution in [1.29, 1.82) is 0 Å². The molecule has 2 aromatic heterocycles. The van der Waals surface area contributed by atoms with Gasteiger partial charge in [0, 0.05) is 6.07 Å². The van der Waals surface area contributed by atoms with Gasteiger partial charge in [-0.3, -0.25) is 9.59 Å². The summed E-state index contributed by atoms with van der Waals surface area (Å²) in [6.45, 7) is 8.58. The molecule has 0 unspecified atom stereocenters. The van der Waals surface area contributed by atoms with Crippen molar-refractivity contribution in [3.05, 3.63) is 57.0 Å². The molecule has 0 spiro atoms. The summed E-state index contributed by atoms with van der Waals surface area (Å²) in [5.41, 5.74) is 1.43. The second kappa shape index (κ2) is 8.73. The van der Waals surface area contributed by atoms with Gasteiger partial charge in [-0.25, -0.2) is 4.98 Å². The Kier molecular flexibility index (Phi) is 6.32. The Morgan fingerprint density at radius 1 is 1.21 bits per heavy atom. The van der Waals surface area contributed by atoms with E-state index >= 15 is 0 Å². The van der Waals surface area contributed by atoms with Crippen molar-refractivity contribution in [2.45, 2.75) is 52.6 Å². The molecule has 0 aliphatic rings. The van der Waals surface area contributed by atoms with Crippen LogP contribution in [0.1, 0.15) is 50.4 Å². The Labute approximate surface area is 173 Å². The third-order valence-electron chi connectivity index (χ3n) is 4.32. The second-order valence-electron chi connectivity index (χ2n) is 7.66. The minimum atomic E-state index is -0.406. The minimum absolute atomic E-state index is 0.0514. The van der Waals surface area contributed by atoms with Crippen molar-refractivity contribution in [1.82, 2.24) is 14.6 Å². The molecule has 1 aromatic carbocycles. The molecule has 0 fully saturated rings. The van der Waals surface area contributed by atoms with Gasteiger partial charge in [0.1, 0.15) is 17.4 Å². The first-order valence-corrected chi connectivity index (χ1v) is 10.4. The highest BCUT2D eigenvalue weighted by Crippen LogP contribution is 2.24. The predicted octanol–water partition coefficient (Wildman–Crippen LogP) is 3.52. The third kappa shape index (κ3) is 5.41. The van der Waals surface area contributed by atoms with E-state index in [9.17, 15) is 9.59 Å². The number of carbonyl (C=O) groups excluding carboxylic acids is 1. The quantitative estimate of drug-likeness (QED) is 0.549. The molecule has 0 radical (unpaired) electrons. The Balaban J connectivity index is 1.49. The summed E-state index contributed by atoms with van der Waals surface area (Å²) in [6, 6.07) is 9.19. The lowest BCUT2D eigenvalue weighted by Gasteiger charge is -2.19.